The van der Waals surface area contributed by atoms with Crippen LogP contribution >= 0.6 is 0 Å². The van der Waals surface area contributed by atoms with E-state index in [9.17, 15) is 5.11 Å². The van der Waals surface area contributed by atoms with E-state index in [0.717, 1.165) is 6.42 Å². The Balaban J connectivity index is 1.94. The van der Waals surface area contributed by atoms with E-state index in [4.69, 9.17) is 4.74 Å². The average Bonchev–Trinajstić information content (AvgIpc) is 2.28. The Morgan fingerprint density at radius 1 is 1.08 bits per heavy atom. The molecule has 1 heterocycles. The molecular formula is C10H18O2. The van der Waals surface area contributed by atoms with Crippen molar-refractivity contribution in [1.29, 1.82) is 0 Å². The number of rotatable bonds is 0. The van der Waals surface area contributed by atoms with E-state index < -0.39 is 0 Å². The summed E-state index contributed by atoms with van der Waals surface area (Å²) in [6.45, 7) is 0.571. The third-order valence-corrected chi connectivity index (χ3v) is 3.17. The van der Waals surface area contributed by atoms with Crippen LogP contribution in [0.15, 0.2) is 0 Å². The van der Waals surface area contributed by atoms with Crippen molar-refractivity contribution in [2.24, 2.45) is 5.92 Å². The molecule has 2 rings (SSSR count). The Bertz CT molecular complexity index is 147. The summed E-state index contributed by atoms with van der Waals surface area (Å²) in [6, 6.07) is 0. The van der Waals surface area contributed by atoms with E-state index in [2.05, 4.69) is 0 Å². The van der Waals surface area contributed by atoms with Gasteiger partial charge in [-0.25, -0.2) is 0 Å². The minimum absolute atomic E-state index is 0.190. The van der Waals surface area contributed by atoms with Gasteiger partial charge < -0.3 is 9.84 Å². The van der Waals surface area contributed by atoms with E-state index >= 15 is 0 Å². The zero-order valence-electron chi connectivity index (χ0n) is 7.54. The van der Waals surface area contributed by atoms with Gasteiger partial charge in [0.25, 0.3) is 0 Å². The second-order valence-corrected chi connectivity index (χ2v) is 4.16. The van der Waals surface area contributed by atoms with Crippen molar-refractivity contribution in [2.45, 2.75) is 50.7 Å². The van der Waals surface area contributed by atoms with Gasteiger partial charge in [-0.2, -0.15) is 0 Å². The molecule has 0 radical (unpaired) electrons. The molecule has 2 nitrogen and oxygen atoms in total. The maximum atomic E-state index is 9.41. The first-order valence-electron chi connectivity index (χ1n) is 5.16. The van der Waals surface area contributed by atoms with Crippen LogP contribution in [-0.2, 0) is 4.74 Å². The van der Waals surface area contributed by atoms with Crippen molar-refractivity contribution in [3.05, 3.63) is 0 Å². The molecule has 0 amide bonds. The Labute approximate surface area is 73.9 Å². The van der Waals surface area contributed by atoms with Crippen LogP contribution in [0.2, 0.25) is 0 Å². The van der Waals surface area contributed by atoms with Gasteiger partial charge in [-0.1, -0.05) is 19.3 Å². The van der Waals surface area contributed by atoms with Crippen LogP contribution < -0.4 is 0 Å². The molecule has 0 bridgehead atoms. The second-order valence-electron chi connectivity index (χ2n) is 4.16. The Kier molecular flexibility index (Phi) is 2.66. The third-order valence-electron chi connectivity index (χ3n) is 3.17. The van der Waals surface area contributed by atoms with Crippen molar-refractivity contribution in [2.75, 3.05) is 6.61 Å². The first-order chi connectivity index (χ1) is 5.86. The van der Waals surface area contributed by atoms with Crippen LogP contribution in [0.5, 0.6) is 0 Å². The smallest absolute Gasteiger partial charge is 0.0777 e. The van der Waals surface area contributed by atoms with E-state index in [-0.39, 0.29) is 6.10 Å². The molecule has 1 saturated heterocycles. The third kappa shape index (κ3) is 1.80. The molecule has 1 N–H and O–H groups in total. The highest BCUT2D eigenvalue weighted by atomic mass is 16.5. The van der Waals surface area contributed by atoms with Crippen molar-refractivity contribution < 1.29 is 9.84 Å². The predicted molar refractivity (Wildman–Crippen MR) is 46.9 cm³/mol. The molecule has 70 valence electrons. The first kappa shape index (κ1) is 8.52. The van der Waals surface area contributed by atoms with Gasteiger partial charge in [0.05, 0.1) is 18.8 Å². The number of aliphatic hydroxyl groups excluding tert-OH is 1. The van der Waals surface area contributed by atoms with Crippen molar-refractivity contribution in [3.63, 3.8) is 0 Å². The van der Waals surface area contributed by atoms with E-state index in [1.54, 1.807) is 0 Å². The first-order valence-corrected chi connectivity index (χ1v) is 5.16. The zero-order valence-corrected chi connectivity index (χ0v) is 7.54. The van der Waals surface area contributed by atoms with Gasteiger partial charge in [0.2, 0.25) is 0 Å². The lowest BCUT2D eigenvalue weighted by atomic mass is 9.89. The molecule has 0 aromatic rings. The van der Waals surface area contributed by atoms with Crippen LogP contribution in [0.1, 0.15) is 38.5 Å². The minimum atomic E-state index is -0.190. The molecule has 2 fully saturated rings. The minimum Gasteiger partial charge on any atom is -0.391 e. The lowest BCUT2D eigenvalue weighted by molar-refractivity contribution is -0.0910. The lowest BCUT2D eigenvalue weighted by Gasteiger charge is -2.33. The number of aliphatic hydroxyl groups is 1. The molecule has 0 aromatic carbocycles. The summed E-state index contributed by atoms with van der Waals surface area (Å²) in [6.07, 6.45) is 7.74. The molecule has 1 aliphatic heterocycles. The van der Waals surface area contributed by atoms with Crippen LogP contribution in [-0.4, -0.2) is 23.9 Å². The Morgan fingerprint density at radius 3 is 2.83 bits per heavy atom. The maximum Gasteiger partial charge on any atom is 0.0777 e. The summed E-state index contributed by atoms with van der Waals surface area (Å²) in [5.74, 6) is 0.649. The second kappa shape index (κ2) is 3.75. The molecule has 0 aromatic heterocycles. The number of hydrogen-bond acceptors (Lipinski definition) is 2. The molecule has 1 saturated carbocycles. The molecule has 2 heteroatoms. The fourth-order valence-electron chi connectivity index (χ4n) is 2.49. The average molecular weight is 170 g/mol. The fraction of sp³-hybridized carbons (Fsp3) is 1.00. The summed E-state index contributed by atoms with van der Waals surface area (Å²) in [7, 11) is 0. The molecule has 2 aliphatic rings. The molecule has 3 atom stereocenters. The highest BCUT2D eigenvalue weighted by Gasteiger charge is 2.30. The molecule has 1 aliphatic carbocycles. The summed E-state index contributed by atoms with van der Waals surface area (Å²) in [4.78, 5) is 0. The van der Waals surface area contributed by atoms with Gasteiger partial charge in [0.1, 0.15) is 0 Å². The quantitative estimate of drug-likeness (QED) is 0.599. The van der Waals surface area contributed by atoms with Crippen molar-refractivity contribution in [3.8, 4) is 0 Å². The largest absolute Gasteiger partial charge is 0.391 e. The SMILES string of the molecule is O[C@H]1CO[C@@H]2CCCCC[C@H]2C1. The number of ether oxygens (including phenoxy) is 1. The summed E-state index contributed by atoms with van der Waals surface area (Å²) in [5.41, 5.74) is 0. The van der Waals surface area contributed by atoms with Crippen molar-refractivity contribution >= 4 is 0 Å². The summed E-state index contributed by atoms with van der Waals surface area (Å²) >= 11 is 0. The van der Waals surface area contributed by atoms with Crippen molar-refractivity contribution in [1.82, 2.24) is 0 Å². The lowest BCUT2D eigenvalue weighted by Crippen LogP contribution is -2.36. The molecular weight excluding hydrogens is 152 g/mol. The Hall–Kier alpha value is -0.0800. The summed E-state index contributed by atoms with van der Waals surface area (Å²) in [5, 5.41) is 9.41. The highest BCUT2D eigenvalue weighted by molar-refractivity contribution is 4.80. The van der Waals surface area contributed by atoms with Crippen LogP contribution in [0.3, 0.4) is 0 Å². The predicted octanol–water partition coefficient (Wildman–Crippen LogP) is 1.72. The van der Waals surface area contributed by atoms with Crippen LogP contribution in [0, 0.1) is 5.92 Å². The maximum absolute atomic E-state index is 9.41. The standard InChI is InChI=1S/C10H18O2/c11-9-6-8-4-2-1-3-5-10(8)12-7-9/h8-11H,1-7H2/t8-,9+,10+/m0/s1. The topological polar surface area (TPSA) is 29.5 Å². The molecule has 0 unspecified atom stereocenters. The van der Waals surface area contributed by atoms with Gasteiger partial charge in [0, 0.05) is 0 Å². The van der Waals surface area contributed by atoms with Gasteiger partial charge >= 0.3 is 0 Å². The number of hydrogen-bond donors (Lipinski definition) is 1. The van der Waals surface area contributed by atoms with E-state index in [0.29, 0.717) is 18.6 Å². The molecule has 12 heavy (non-hydrogen) atoms. The zero-order chi connectivity index (χ0) is 8.39. The van der Waals surface area contributed by atoms with Gasteiger partial charge in [-0.05, 0) is 25.2 Å². The monoisotopic (exact) mass is 170 g/mol. The van der Waals surface area contributed by atoms with Gasteiger partial charge in [-0.3, -0.25) is 0 Å². The van der Waals surface area contributed by atoms with Crippen LogP contribution in [0.4, 0.5) is 0 Å². The van der Waals surface area contributed by atoms with E-state index in [1.807, 2.05) is 0 Å². The highest BCUT2D eigenvalue weighted by Crippen LogP contribution is 2.32. The Morgan fingerprint density at radius 2 is 1.92 bits per heavy atom. The molecule has 0 spiro atoms. The number of fused-ring (bicyclic) bond motifs is 1. The normalized spacial score (nSPS) is 43.2. The van der Waals surface area contributed by atoms with Gasteiger partial charge in [-0.15, -0.1) is 0 Å². The fourth-order valence-corrected chi connectivity index (χ4v) is 2.49. The van der Waals surface area contributed by atoms with E-state index in [1.165, 1.54) is 32.1 Å². The van der Waals surface area contributed by atoms with Gasteiger partial charge in [0.15, 0.2) is 0 Å². The summed E-state index contributed by atoms with van der Waals surface area (Å²) < 4.78 is 5.62. The van der Waals surface area contributed by atoms with Crippen LogP contribution in [0.25, 0.3) is 0 Å².